The van der Waals surface area contributed by atoms with Gasteiger partial charge in [-0.3, -0.25) is 0 Å². The highest BCUT2D eigenvalue weighted by atomic mass is 16.5. The minimum atomic E-state index is -0.501. The first-order valence-electron chi connectivity index (χ1n) is 10.4. The van der Waals surface area contributed by atoms with Gasteiger partial charge in [0.05, 0.1) is 6.10 Å². The highest BCUT2D eigenvalue weighted by molar-refractivity contribution is 5.54. The van der Waals surface area contributed by atoms with Crippen LogP contribution in [0.4, 0.5) is 0 Å². The second-order valence-electron chi connectivity index (χ2n) is 9.76. The van der Waals surface area contributed by atoms with Gasteiger partial charge < -0.3 is 14.9 Å². The summed E-state index contributed by atoms with van der Waals surface area (Å²) >= 11 is 0. The van der Waals surface area contributed by atoms with E-state index in [9.17, 15) is 10.2 Å². The lowest BCUT2D eigenvalue weighted by Crippen LogP contribution is -2.47. The van der Waals surface area contributed by atoms with Crippen LogP contribution in [0.1, 0.15) is 96.6 Å². The molecule has 0 amide bonds. The number of fused-ring (bicyclic) bond motifs is 3. The molecule has 0 bridgehead atoms. The number of aromatic hydroxyl groups is 1. The molecule has 1 aliphatic heterocycles. The summed E-state index contributed by atoms with van der Waals surface area (Å²) in [6.07, 6.45) is 7.27. The molecule has 3 rings (SSSR count). The minimum Gasteiger partial charge on any atom is -0.508 e. The second kappa shape index (κ2) is 7.07. The summed E-state index contributed by atoms with van der Waals surface area (Å²) in [5.41, 5.74) is 1.92. The number of phenols is 1. The molecule has 0 radical (unpaired) electrons. The Morgan fingerprint density at radius 1 is 1.19 bits per heavy atom. The summed E-state index contributed by atoms with van der Waals surface area (Å²) in [4.78, 5) is 0. The monoisotopic (exact) mass is 360 g/mol. The number of unbranched alkanes of at least 4 members (excludes halogenated alkanes) is 3. The average molecular weight is 361 g/mol. The fourth-order valence-corrected chi connectivity index (χ4v) is 4.72. The topological polar surface area (TPSA) is 49.7 Å². The van der Waals surface area contributed by atoms with E-state index in [1.807, 2.05) is 6.07 Å². The van der Waals surface area contributed by atoms with Crippen molar-refractivity contribution in [2.24, 2.45) is 5.41 Å². The van der Waals surface area contributed by atoms with E-state index in [1.165, 1.54) is 25.7 Å². The summed E-state index contributed by atoms with van der Waals surface area (Å²) in [7, 11) is 0. The molecular formula is C23H36O3. The highest BCUT2D eigenvalue weighted by Crippen LogP contribution is 2.54. The van der Waals surface area contributed by atoms with Crippen molar-refractivity contribution in [3.8, 4) is 11.5 Å². The van der Waals surface area contributed by atoms with Crippen LogP contribution < -0.4 is 4.74 Å². The third-order valence-corrected chi connectivity index (χ3v) is 6.80. The van der Waals surface area contributed by atoms with Gasteiger partial charge in [-0.15, -0.1) is 0 Å². The molecule has 0 aromatic heterocycles. The van der Waals surface area contributed by atoms with Gasteiger partial charge in [-0.2, -0.15) is 0 Å². The van der Waals surface area contributed by atoms with Crippen LogP contribution in [0.3, 0.4) is 0 Å². The van der Waals surface area contributed by atoms with Crippen molar-refractivity contribution in [3.63, 3.8) is 0 Å². The zero-order valence-corrected chi connectivity index (χ0v) is 17.1. The summed E-state index contributed by atoms with van der Waals surface area (Å²) < 4.78 is 6.21. The van der Waals surface area contributed by atoms with Crippen molar-refractivity contribution in [2.45, 2.75) is 103 Å². The predicted octanol–water partition coefficient (Wildman–Crippen LogP) is 5.67. The molecule has 0 spiro atoms. The fraction of sp³-hybridized carbons (Fsp3) is 0.739. The van der Waals surface area contributed by atoms with Crippen molar-refractivity contribution in [1.82, 2.24) is 0 Å². The van der Waals surface area contributed by atoms with Gasteiger partial charge >= 0.3 is 0 Å². The molecule has 3 nitrogen and oxygen atoms in total. The Kier molecular flexibility index (Phi) is 5.31. The van der Waals surface area contributed by atoms with Crippen LogP contribution in [0.5, 0.6) is 11.5 Å². The lowest BCUT2D eigenvalue weighted by molar-refractivity contribution is -0.0685. The average Bonchev–Trinajstić information content (AvgIpc) is 2.95. The predicted molar refractivity (Wildman–Crippen MR) is 106 cm³/mol. The quantitative estimate of drug-likeness (QED) is 0.643. The molecule has 3 unspecified atom stereocenters. The summed E-state index contributed by atoms with van der Waals surface area (Å²) in [6, 6.07) is 4.06. The first kappa shape index (κ1) is 19.5. The van der Waals surface area contributed by atoms with Crippen molar-refractivity contribution >= 4 is 0 Å². The summed E-state index contributed by atoms with van der Waals surface area (Å²) in [5.74, 6) is 1.24. The third-order valence-electron chi connectivity index (χ3n) is 6.80. The number of benzene rings is 1. The van der Waals surface area contributed by atoms with Crippen LogP contribution in [-0.2, 0) is 5.41 Å². The Hall–Kier alpha value is -1.22. The Labute approximate surface area is 158 Å². The highest BCUT2D eigenvalue weighted by Gasteiger charge is 2.50. The van der Waals surface area contributed by atoms with E-state index in [0.29, 0.717) is 5.75 Å². The van der Waals surface area contributed by atoms with E-state index in [0.717, 1.165) is 36.1 Å². The molecule has 2 N–H and O–H groups in total. The molecule has 1 fully saturated rings. The molecular weight excluding hydrogens is 324 g/mol. The SMILES string of the molecule is CCCCCCC(C)(C)c1cc(O)c2c(c1)OC1C2CCC(C)(C)C1O. The van der Waals surface area contributed by atoms with Gasteiger partial charge in [0.2, 0.25) is 0 Å². The van der Waals surface area contributed by atoms with Crippen molar-refractivity contribution in [1.29, 1.82) is 0 Å². The lowest BCUT2D eigenvalue weighted by atomic mass is 9.68. The first-order valence-corrected chi connectivity index (χ1v) is 10.4. The molecule has 1 aromatic carbocycles. The molecule has 0 saturated heterocycles. The maximum absolute atomic E-state index is 10.8. The molecule has 3 atom stereocenters. The zero-order chi connectivity index (χ0) is 19.1. The van der Waals surface area contributed by atoms with E-state index >= 15 is 0 Å². The molecule has 3 heteroatoms. The van der Waals surface area contributed by atoms with Gasteiger partial charge in [0.25, 0.3) is 0 Å². The van der Waals surface area contributed by atoms with Crippen molar-refractivity contribution in [2.75, 3.05) is 0 Å². The standard InChI is InChI=1S/C23H36O3/c1-6-7-8-9-11-22(2,3)15-13-17(24)19-16-10-12-23(4,5)21(25)20(16)26-18(19)14-15/h13-14,16,20-21,24-25H,6-12H2,1-5H3. The van der Waals surface area contributed by atoms with Gasteiger partial charge in [-0.1, -0.05) is 60.3 Å². The fourth-order valence-electron chi connectivity index (χ4n) is 4.72. The van der Waals surface area contributed by atoms with E-state index in [1.54, 1.807) is 0 Å². The Morgan fingerprint density at radius 3 is 2.62 bits per heavy atom. The van der Waals surface area contributed by atoms with Crippen LogP contribution >= 0.6 is 0 Å². The smallest absolute Gasteiger partial charge is 0.132 e. The number of aliphatic hydroxyl groups is 1. The number of aliphatic hydroxyl groups excluding tert-OH is 1. The van der Waals surface area contributed by atoms with Gasteiger partial charge in [-0.25, -0.2) is 0 Å². The van der Waals surface area contributed by atoms with Crippen molar-refractivity contribution in [3.05, 3.63) is 23.3 Å². The number of hydrogen-bond acceptors (Lipinski definition) is 3. The molecule has 1 aliphatic carbocycles. The Bertz CT molecular complexity index is 647. The van der Waals surface area contributed by atoms with Gasteiger partial charge in [0.1, 0.15) is 17.6 Å². The normalized spacial score (nSPS) is 26.9. The van der Waals surface area contributed by atoms with Gasteiger partial charge in [-0.05, 0) is 47.8 Å². The molecule has 146 valence electrons. The molecule has 26 heavy (non-hydrogen) atoms. The van der Waals surface area contributed by atoms with E-state index in [4.69, 9.17) is 4.74 Å². The molecule has 2 aliphatic rings. The maximum atomic E-state index is 10.8. The van der Waals surface area contributed by atoms with E-state index in [2.05, 4.69) is 40.7 Å². The largest absolute Gasteiger partial charge is 0.508 e. The van der Waals surface area contributed by atoms with E-state index in [-0.39, 0.29) is 22.9 Å². The number of rotatable bonds is 6. The number of hydrogen-bond donors (Lipinski definition) is 2. The molecule has 1 aromatic rings. The molecule has 1 saturated carbocycles. The van der Waals surface area contributed by atoms with Gasteiger partial charge in [0, 0.05) is 11.5 Å². The second-order valence-corrected chi connectivity index (χ2v) is 9.76. The summed E-state index contributed by atoms with van der Waals surface area (Å²) in [6.45, 7) is 10.9. The van der Waals surface area contributed by atoms with E-state index < -0.39 is 6.10 Å². The molecule has 1 heterocycles. The van der Waals surface area contributed by atoms with Crippen LogP contribution in [0.25, 0.3) is 0 Å². The Morgan fingerprint density at radius 2 is 1.92 bits per heavy atom. The van der Waals surface area contributed by atoms with Gasteiger partial charge in [0.15, 0.2) is 0 Å². The zero-order valence-electron chi connectivity index (χ0n) is 17.1. The van der Waals surface area contributed by atoms with Crippen molar-refractivity contribution < 1.29 is 14.9 Å². The first-order chi connectivity index (χ1) is 12.2. The van der Waals surface area contributed by atoms with Crippen LogP contribution in [0.2, 0.25) is 0 Å². The minimum absolute atomic E-state index is 0.00919. The number of phenolic OH excluding ortho intramolecular Hbond substituents is 1. The lowest BCUT2D eigenvalue weighted by Gasteiger charge is -2.41. The van der Waals surface area contributed by atoms with Crippen LogP contribution in [0, 0.1) is 5.41 Å². The third kappa shape index (κ3) is 3.47. The maximum Gasteiger partial charge on any atom is 0.132 e. The van der Waals surface area contributed by atoms with Crippen LogP contribution in [0.15, 0.2) is 12.1 Å². The Balaban J connectivity index is 1.83. The van der Waals surface area contributed by atoms with Crippen LogP contribution in [-0.4, -0.2) is 22.4 Å². The summed E-state index contributed by atoms with van der Waals surface area (Å²) in [5, 5.41) is 21.5. The number of ether oxygens (including phenoxy) is 1.